The summed E-state index contributed by atoms with van der Waals surface area (Å²) >= 11 is 0. The van der Waals surface area contributed by atoms with Gasteiger partial charge in [-0.3, -0.25) is 4.79 Å². The molecule has 0 unspecified atom stereocenters. The van der Waals surface area contributed by atoms with Crippen molar-refractivity contribution in [2.24, 2.45) is 0 Å². The Balaban J connectivity index is 1.88. The number of aromatic nitrogens is 2. The molecule has 2 N–H and O–H groups in total. The molecule has 6 nitrogen and oxygen atoms in total. The molecular weight excluding hydrogens is 362 g/mol. The fourth-order valence-corrected chi connectivity index (χ4v) is 3.08. The molecule has 1 heterocycles. The largest absolute Gasteiger partial charge is 0.340 e. The van der Waals surface area contributed by atoms with Crippen LogP contribution in [0, 0.1) is 25.2 Å². The SMILES string of the molecule is Cc1nc(Nc2cccc(C#N)c2)cc(C(=O)Nc2c(C)cccc2C(C)C)n1. The van der Waals surface area contributed by atoms with Crippen molar-refractivity contribution in [3.63, 3.8) is 0 Å². The first-order valence-electron chi connectivity index (χ1n) is 9.41. The highest BCUT2D eigenvalue weighted by Gasteiger charge is 2.16. The van der Waals surface area contributed by atoms with Gasteiger partial charge in [-0.1, -0.05) is 38.1 Å². The number of rotatable bonds is 5. The zero-order chi connectivity index (χ0) is 21.0. The second-order valence-electron chi connectivity index (χ2n) is 7.15. The summed E-state index contributed by atoms with van der Waals surface area (Å²) in [5.74, 6) is 0.958. The second-order valence-corrected chi connectivity index (χ2v) is 7.15. The average Bonchev–Trinajstić information content (AvgIpc) is 2.69. The van der Waals surface area contributed by atoms with E-state index >= 15 is 0 Å². The van der Waals surface area contributed by atoms with Crippen molar-refractivity contribution in [1.29, 1.82) is 5.26 Å². The Morgan fingerprint density at radius 3 is 2.55 bits per heavy atom. The number of aryl methyl sites for hydroxylation is 2. The molecule has 0 spiro atoms. The van der Waals surface area contributed by atoms with Gasteiger partial charge in [-0.25, -0.2) is 9.97 Å². The first-order chi connectivity index (χ1) is 13.9. The molecule has 3 aromatic rings. The van der Waals surface area contributed by atoms with Crippen LogP contribution in [0.1, 0.15) is 52.8 Å². The molecule has 1 aromatic heterocycles. The summed E-state index contributed by atoms with van der Waals surface area (Å²) in [4.78, 5) is 21.6. The number of carbonyl (C=O) groups excluding carboxylic acids is 1. The van der Waals surface area contributed by atoms with Crippen LogP contribution in [0.5, 0.6) is 0 Å². The first-order valence-corrected chi connectivity index (χ1v) is 9.41. The standard InChI is InChI=1S/C23H23N5O/c1-14(2)19-10-5-7-15(3)22(19)28-23(29)20-12-21(26-16(4)25-20)27-18-9-6-8-17(11-18)13-24/h5-12,14H,1-4H3,(H,28,29)(H,25,26,27). The molecule has 3 rings (SSSR count). The molecule has 6 heteroatoms. The van der Waals surface area contributed by atoms with Crippen molar-refractivity contribution in [3.05, 3.63) is 76.7 Å². The van der Waals surface area contributed by atoms with Crippen LogP contribution in [0.25, 0.3) is 0 Å². The number of anilines is 3. The van der Waals surface area contributed by atoms with Crippen LogP contribution < -0.4 is 10.6 Å². The summed E-state index contributed by atoms with van der Waals surface area (Å²) in [6.07, 6.45) is 0. The van der Waals surface area contributed by atoms with Crippen molar-refractivity contribution in [3.8, 4) is 6.07 Å². The minimum atomic E-state index is -0.291. The van der Waals surface area contributed by atoms with Crippen LogP contribution in [0.3, 0.4) is 0 Å². The number of hydrogen-bond acceptors (Lipinski definition) is 5. The molecule has 146 valence electrons. The smallest absolute Gasteiger partial charge is 0.274 e. The van der Waals surface area contributed by atoms with Crippen molar-refractivity contribution >= 4 is 23.1 Å². The van der Waals surface area contributed by atoms with Crippen LogP contribution in [0.15, 0.2) is 48.5 Å². The topological polar surface area (TPSA) is 90.7 Å². The molecule has 0 bridgehead atoms. The van der Waals surface area contributed by atoms with E-state index in [1.165, 1.54) is 0 Å². The fourth-order valence-electron chi connectivity index (χ4n) is 3.08. The minimum absolute atomic E-state index is 0.273. The summed E-state index contributed by atoms with van der Waals surface area (Å²) in [5.41, 5.74) is 4.43. The van der Waals surface area contributed by atoms with E-state index in [-0.39, 0.29) is 17.5 Å². The lowest BCUT2D eigenvalue weighted by molar-refractivity contribution is 0.102. The number of hydrogen-bond donors (Lipinski definition) is 2. The Bertz CT molecular complexity index is 1100. The van der Waals surface area contributed by atoms with Crippen LogP contribution in [-0.2, 0) is 0 Å². The maximum atomic E-state index is 12.9. The van der Waals surface area contributed by atoms with Gasteiger partial charge in [0.1, 0.15) is 17.3 Å². The van der Waals surface area contributed by atoms with E-state index in [0.29, 0.717) is 17.2 Å². The number of nitrogens with zero attached hydrogens (tertiary/aromatic N) is 3. The van der Waals surface area contributed by atoms with E-state index in [9.17, 15) is 4.79 Å². The molecule has 29 heavy (non-hydrogen) atoms. The zero-order valence-electron chi connectivity index (χ0n) is 16.9. The molecule has 0 fully saturated rings. The highest BCUT2D eigenvalue weighted by Crippen LogP contribution is 2.28. The van der Waals surface area contributed by atoms with Crippen molar-refractivity contribution in [2.75, 3.05) is 10.6 Å². The van der Waals surface area contributed by atoms with Crippen molar-refractivity contribution < 1.29 is 4.79 Å². The predicted molar refractivity (Wildman–Crippen MR) is 114 cm³/mol. The molecule has 0 atom stereocenters. The van der Waals surface area contributed by atoms with Gasteiger partial charge >= 0.3 is 0 Å². The molecule has 2 aromatic carbocycles. The number of nitrogens with one attached hydrogen (secondary N) is 2. The van der Waals surface area contributed by atoms with Crippen LogP contribution in [0.2, 0.25) is 0 Å². The molecule has 0 radical (unpaired) electrons. The van der Waals surface area contributed by atoms with Gasteiger partial charge in [0.25, 0.3) is 5.91 Å². The number of amides is 1. The molecule has 0 saturated heterocycles. The Labute approximate surface area is 170 Å². The summed E-state index contributed by atoms with van der Waals surface area (Å²) in [5, 5.41) is 15.2. The Hall–Kier alpha value is -3.72. The minimum Gasteiger partial charge on any atom is -0.340 e. The summed E-state index contributed by atoms with van der Waals surface area (Å²) in [7, 11) is 0. The van der Waals surface area contributed by atoms with Gasteiger partial charge in [0.15, 0.2) is 0 Å². The lowest BCUT2D eigenvalue weighted by atomic mass is 9.98. The normalized spacial score (nSPS) is 10.5. The molecule has 0 aliphatic carbocycles. The van der Waals surface area contributed by atoms with Gasteiger partial charge in [-0.2, -0.15) is 5.26 Å². The Morgan fingerprint density at radius 1 is 1.07 bits per heavy atom. The molecular formula is C23H23N5O. The fraction of sp³-hybridized carbons (Fsp3) is 0.217. The van der Waals surface area contributed by atoms with Gasteiger partial charge in [0, 0.05) is 17.4 Å². The number of para-hydroxylation sites is 1. The molecule has 0 aliphatic heterocycles. The van der Waals surface area contributed by atoms with E-state index < -0.39 is 0 Å². The summed E-state index contributed by atoms with van der Waals surface area (Å²) < 4.78 is 0. The van der Waals surface area contributed by atoms with Crippen molar-refractivity contribution in [1.82, 2.24) is 9.97 Å². The van der Waals surface area contributed by atoms with Crippen molar-refractivity contribution in [2.45, 2.75) is 33.6 Å². The van der Waals surface area contributed by atoms with Gasteiger partial charge in [0.05, 0.1) is 11.6 Å². The average molecular weight is 385 g/mol. The Kier molecular flexibility index (Phi) is 5.89. The van der Waals surface area contributed by atoms with E-state index in [0.717, 1.165) is 22.5 Å². The Morgan fingerprint density at radius 2 is 1.83 bits per heavy atom. The number of nitriles is 1. The quantitative estimate of drug-likeness (QED) is 0.639. The third kappa shape index (κ3) is 4.77. The maximum absolute atomic E-state index is 12.9. The summed E-state index contributed by atoms with van der Waals surface area (Å²) in [6.45, 7) is 7.90. The third-order valence-corrected chi connectivity index (χ3v) is 4.50. The number of benzene rings is 2. The van der Waals surface area contributed by atoms with Gasteiger partial charge in [0.2, 0.25) is 0 Å². The highest BCUT2D eigenvalue weighted by atomic mass is 16.1. The van der Waals surface area contributed by atoms with Crippen LogP contribution in [-0.4, -0.2) is 15.9 Å². The van der Waals surface area contributed by atoms with E-state index in [4.69, 9.17) is 5.26 Å². The lowest BCUT2D eigenvalue weighted by Gasteiger charge is -2.16. The van der Waals surface area contributed by atoms with Gasteiger partial charge in [-0.05, 0) is 49.1 Å². The predicted octanol–water partition coefficient (Wildman–Crippen LogP) is 5.08. The van der Waals surface area contributed by atoms with E-state index in [1.54, 1.807) is 31.2 Å². The number of carbonyl (C=O) groups is 1. The maximum Gasteiger partial charge on any atom is 0.274 e. The monoisotopic (exact) mass is 385 g/mol. The van der Waals surface area contributed by atoms with Gasteiger partial charge in [-0.15, -0.1) is 0 Å². The molecule has 0 saturated carbocycles. The molecule has 1 amide bonds. The highest BCUT2D eigenvalue weighted by molar-refractivity contribution is 6.04. The molecule has 0 aliphatic rings. The second kappa shape index (κ2) is 8.53. The van der Waals surface area contributed by atoms with Crippen LogP contribution >= 0.6 is 0 Å². The third-order valence-electron chi connectivity index (χ3n) is 4.50. The van der Waals surface area contributed by atoms with Gasteiger partial charge < -0.3 is 10.6 Å². The zero-order valence-corrected chi connectivity index (χ0v) is 16.9. The van der Waals surface area contributed by atoms with E-state index in [1.807, 2.05) is 31.2 Å². The van der Waals surface area contributed by atoms with E-state index in [2.05, 4.69) is 40.5 Å². The first kappa shape index (κ1) is 20.0. The summed E-state index contributed by atoms with van der Waals surface area (Å²) in [6, 6.07) is 16.8. The lowest BCUT2D eigenvalue weighted by Crippen LogP contribution is -2.17. The van der Waals surface area contributed by atoms with Crippen LogP contribution in [0.4, 0.5) is 17.2 Å².